The summed E-state index contributed by atoms with van der Waals surface area (Å²) in [7, 11) is 0. The van der Waals surface area contributed by atoms with Crippen molar-refractivity contribution in [3.05, 3.63) is 53.7 Å². The van der Waals surface area contributed by atoms with E-state index in [-0.39, 0.29) is 0 Å². The van der Waals surface area contributed by atoms with Crippen molar-refractivity contribution >= 4 is 0 Å². The third-order valence-corrected chi connectivity index (χ3v) is 2.00. The number of aromatic nitrogens is 2. The van der Waals surface area contributed by atoms with Crippen molar-refractivity contribution in [3.63, 3.8) is 0 Å². The van der Waals surface area contributed by atoms with E-state index in [2.05, 4.69) is 10.2 Å². The van der Waals surface area contributed by atoms with E-state index in [4.69, 9.17) is 4.74 Å². The van der Waals surface area contributed by atoms with Gasteiger partial charge in [0.15, 0.2) is 0 Å². The lowest BCUT2D eigenvalue weighted by atomic mass is 10.2. The summed E-state index contributed by atoms with van der Waals surface area (Å²) in [4.78, 5) is 0. The van der Waals surface area contributed by atoms with Crippen LogP contribution in [-0.2, 0) is 6.61 Å². The van der Waals surface area contributed by atoms with Crippen molar-refractivity contribution in [2.45, 2.75) is 27.4 Å². The van der Waals surface area contributed by atoms with Gasteiger partial charge >= 0.3 is 0 Å². The highest BCUT2D eigenvalue weighted by Crippen LogP contribution is 2.07. The first-order chi connectivity index (χ1) is 8.34. The van der Waals surface area contributed by atoms with Gasteiger partial charge in [0.2, 0.25) is 5.88 Å². The van der Waals surface area contributed by atoms with Crippen LogP contribution in [0.4, 0.5) is 0 Å². The van der Waals surface area contributed by atoms with E-state index in [9.17, 15) is 0 Å². The van der Waals surface area contributed by atoms with Gasteiger partial charge in [-0.15, -0.1) is 5.10 Å². The highest BCUT2D eigenvalue weighted by molar-refractivity contribution is 5.15. The van der Waals surface area contributed by atoms with E-state index in [1.54, 1.807) is 0 Å². The van der Waals surface area contributed by atoms with Gasteiger partial charge in [0.25, 0.3) is 0 Å². The minimum absolute atomic E-state index is 0.526. The summed E-state index contributed by atoms with van der Waals surface area (Å²) in [6.45, 7) is 6.42. The molecule has 0 aliphatic heterocycles. The van der Waals surface area contributed by atoms with E-state index in [1.165, 1.54) is 0 Å². The smallest absolute Gasteiger partial charge is 0.233 e. The maximum absolute atomic E-state index is 5.47. The monoisotopic (exact) mass is 230 g/mol. The average molecular weight is 230 g/mol. The number of rotatable bonds is 3. The molecule has 1 heterocycles. The highest BCUT2D eigenvalue weighted by Gasteiger charge is 1.96. The van der Waals surface area contributed by atoms with Crippen molar-refractivity contribution < 1.29 is 4.74 Å². The molecule has 0 spiro atoms. The standard InChI is InChI=1S/C12H12N2O.C2H6/c1-10-7-8-12(14-13-10)15-9-11-5-3-2-4-6-11;1-2/h2-8H,9H2,1H3;1-2H3. The van der Waals surface area contributed by atoms with Gasteiger partial charge in [0.05, 0.1) is 5.69 Å². The van der Waals surface area contributed by atoms with E-state index in [1.807, 2.05) is 63.2 Å². The Balaban J connectivity index is 0.000000686. The van der Waals surface area contributed by atoms with Gasteiger partial charge in [0, 0.05) is 6.07 Å². The Morgan fingerprint density at radius 1 is 0.941 bits per heavy atom. The molecule has 0 saturated carbocycles. The molecule has 1 aromatic heterocycles. The molecule has 2 aromatic rings. The zero-order valence-corrected chi connectivity index (χ0v) is 10.6. The van der Waals surface area contributed by atoms with E-state index >= 15 is 0 Å². The maximum atomic E-state index is 5.47. The molecule has 3 nitrogen and oxygen atoms in total. The molecule has 0 radical (unpaired) electrons. The highest BCUT2D eigenvalue weighted by atomic mass is 16.5. The topological polar surface area (TPSA) is 35.0 Å². The Kier molecular flexibility index (Phi) is 5.72. The Hall–Kier alpha value is -1.90. The van der Waals surface area contributed by atoms with Crippen LogP contribution in [0.3, 0.4) is 0 Å². The molecule has 1 aromatic carbocycles. The van der Waals surface area contributed by atoms with Crippen LogP contribution in [0, 0.1) is 6.92 Å². The summed E-state index contributed by atoms with van der Waals surface area (Å²) in [6.07, 6.45) is 0. The lowest BCUT2D eigenvalue weighted by Crippen LogP contribution is -1.98. The van der Waals surface area contributed by atoms with Crippen LogP contribution in [-0.4, -0.2) is 10.2 Å². The molecule has 0 atom stereocenters. The van der Waals surface area contributed by atoms with Crippen molar-refractivity contribution in [2.75, 3.05) is 0 Å². The molecule has 0 aliphatic carbocycles. The maximum Gasteiger partial charge on any atom is 0.233 e. The predicted molar refractivity (Wildman–Crippen MR) is 68.9 cm³/mol. The quantitative estimate of drug-likeness (QED) is 0.810. The zero-order valence-electron chi connectivity index (χ0n) is 10.6. The first kappa shape index (κ1) is 13.2. The molecule has 2 rings (SSSR count). The van der Waals surface area contributed by atoms with Crippen LogP contribution in [0.1, 0.15) is 25.1 Å². The van der Waals surface area contributed by atoms with Gasteiger partial charge in [-0.1, -0.05) is 44.2 Å². The summed E-state index contributed by atoms with van der Waals surface area (Å²) in [5, 5.41) is 7.84. The van der Waals surface area contributed by atoms with Gasteiger partial charge in [-0.3, -0.25) is 0 Å². The van der Waals surface area contributed by atoms with Crippen molar-refractivity contribution in [3.8, 4) is 5.88 Å². The van der Waals surface area contributed by atoms with E-state index < -0.39 is 0 Å². The summed E-state index contributed by atoms with van der Waals surface area (Å²) in [5.41, 5.74) is 2.02. The second kappa shape index (κ2) is 7.39. The first-order valence-corrected chi connectivity index (χ1v) is 5.81. The van der Waals surface area contributed by atoms with Gasteiger partial charge in [-0.25, -0.2) is 0 Å². The number of ether oxygens (including phenoxy) is 1. The second-order valence-electron chi connectivity index (χ2n) is 3.29. The van der Waals surface area contributed by atoms with Gasteiger partial charge in [-0.05, 0) is 18.6 Å². The third-order valence-electron chi connectivity index (χ3n) is 2.00. The Labute approximate surface area is 102 Å². The molecule has 90 valence electrons. The molecule has 0 bridgehead atoms. The normalized spacial score (nSPS) is 9.12. The van der Waals surface area contributed by atoms with Crippen LogP contribution >= 0.6 is 0 Å². The third kappa shape index (κ3) is 4.64. The van der Waals surface area contributed by atoms with Crippen LogP contribution < -0.4 is 4.74 Å². The summed E-state index contributed by atoms with van der Waals surface area (Å²) in [5.74, 6) is 0.560. The SMILES string of the molecule is CC.Cc1ccc(OCc2ccccc2)nn1. The van der Waals surface area contributed by atoms with Crippen molar-refractivity contribution in [1.29, 1.82) is 0 Å². The fourth-order valence-corrected chi connectivity index (χ4v) is 1.20. The van der Waals surface area contributed by atoms with Gasteiger partial charge in [0.1, 0.15) is 6.61 Å². The molecule has 0 N–H and O–H groups in total. The molecule has 0 fully saturated rings. The predicted octanol–water partition coefficient (Wildman–Crippen LogP) is 3.39. The number of hydrogen-bond donors (Lipinski definition) is 0. The molecule has 0 saturated heterocycles. The average Bonchev–Trinajstić information content (AvgIpc) is 2.42. The second-order valence-corrected chi connectivity index (χ2v) is 3.29. The summed E-state index contributed by atoms with van der Waals surface area (Å²) in [6, 6.07) is 13.7. The largest absolute Gasteiger partial charge is 0.472 e. The Morgan fingerprint density at radius 2 is 1.65 bits per heavy atom. The van der Waals surface area contributed by atoms with Crippen LogP contribution in [0.2, 0.25) is 0 Å². The minimum Gasteiger partial charge on any atom is -0.472 e. The van der Waals surface area contributed by atoms with Crippen LogP contribution in [0.15, 0.2) is 42.5 Å². The van der Waals surface area contributed by atoms with Crippen LogP contribution in [0.5, 0.6) is 5.88 Å². The van der Waals surface area contributed by atoms with E-state index in [0.717, 1.165) is 11.3 Å². The number of hydrogen-bond acceptors (Lipinski definition) is 3. The summed E-state index contributed by atoms with van der Waals surface area (Å²) < 4.78 is 5.47. The Bertz CT molecular complexity index is 412. The molecular weight excluding hydrogens is 212 g/mol. The number of nitrogens with zero attached hydrogens (tertiary/aromatic N) is 2. The molecule has 0 aliphatic rings. The fourth-order valence-electron chi connectivity index (χ4n) is 1.20. The molecule has 0 unspecified atom stereocenters. The first-order valence-electron chi connectivity index (χ1n) is 5.81. The minimum atomic E-state index is 0.526. The van der Waals surface area contributed by atoms with Gasteiger partial charge < -0.3 is 4.74 Å². The molecular formula is C14H18N2O. The zero-order chi connectivity index (χ0) is 12.5. The number of benzene rings is 1. The summed E-state index contributed by atoms with van der Waals surface area (Å²) >= 11 is 0. The lowest BCUT2D eigenvalue weighted by Gasteiger charge is -2.04. The fraction of sp³-hybridized carbons (Fsp3) is 0.286. The molecule has 3 heteroatoms. The molecule has 17 heavy (non-hydrogen) atoms. The van der Waals surface area contributed by atoms with Gasteiger partial charge in [-0.2, -0.15) is 5.10 Å². The lowest BCUT2D eigenvalue weighted by molar-refractivity contribution is 0.290. The van der Waals surface area contributed by atoms with Crippen molar-refractivity contribution in [1.82, 2.24) is 10.2 Å². The van der Waals surface area contributed by atoms with Crippen molar-refractivity contribution in [2.24, 2.45) is 0 Å². The van der Waals surface area contributed by atoms with Crippen LogP contribution in [0.25, 0.3) is 0 Å². The molecule has 0 amide bonds. The number of aryl methyl sites for hydroxylation is 1. The van der Waals surface area contributed by atoms with E-state index in [0.29, 0.717) is 12.5 Å². The Morgan fingerprint density at radius 3 is 2.24 bits per heavy atom.